The topological polar surface area (TPSA) is 55.6 Å². The lowest BCUT2D eigenvalue weighted by Gasteiger charge is -2.34. The van der Waals surface area contributed by atoms with Crippen LogP contribution in [-0.2, 0) is 9.53 Å². The lowest BCUT2D eigenvalue weighted by molar-refractivity contribution is -0.136. The summed E-state index contributed by atoms with van der Waals surface area (Å²) in [6, 6.07) is -0.0853. The molecule has 1 atom stereocenters. The molecule has 0 radical (unpaired) electrons. The van der Waals surface area contributed by atoms with Gasteiger partial charge < -0.3 is 15.4 Å². The van der Waals surface area contributed by atoms with Crippen LogP contribution < -0.4 is 5.73 Å². The summed E-state index contributed by atoms with van der Waals surface area (Å²) in [6.07, 6.45) is 3.50. The van der Waals surface area contributed by atoms with Crippen LogP contribution in [0.4, 0.5) is 0 Å². The molecule has 0 spiro atoms. The number of carbonyl (C=O) groups is 1. The molecule has 0 aromatic heterocycles. The molecule has 0 aliphatic heterocycles. The fraction of sp³-hybridized carbons (Fsp3) is 0.933. The minimum absolute atomic E-state index is 0.0958. The summed E-state index contributed by atoms with van der Waals surface area (Å²) < 4.78 is 5.01. The van der Waals surface area contributed by atoms with Crippen molar-refractivity contribution in [3.63, 3.8) is 0 Å². The van der Waals surface area contributed by atoms with Gasteiger partial charge in [-0.25, -0.2) is 0 Å². The molecule has 0 heterocycles. The van der Waals surface area contributed by atoms with E-state index < -0.39 is 6.04 Å². The van der Waals surface area contributed by atoms with Crippen molar-refractivity contribution in [2.45, 2.75) is 65.5 Å². The van der Waals surface area contributed by atoms with Gasteiger partial charge in [0.25, 0.3) is 0 Å². The maximum atomic E-state index is 12.5. The molecule has 2 N–H and O–H groups in total. The number of rotatable bonds is 10. The number of methoxy groups -OCH3 is 1. The molecule has 4 nitrogen and oxygen atoms in total. The molecule has 0 aliphatic carbocycles. The van der Waals surface area contributed by atoms with Gasteiger partial charge in [-0.1, -0.05) is 27.7 Å². The van der Waals surface area contributed by atoms with Gasteiger partial charge in [-0.3, -0.25) is 4.79 Å². The Labute approximate surface area is 118 Å². The average molecular weight is 272 g/mol. The molecule has 0 fully saturated rings. The molecule has 0 saturated carbocycles. The third-order valence-corrected chi connectivity index (χ3v) is 3.41. The summed E-state index contributed by atoms with van der Waals surface area (Å²) in [5, 5.41) is 0. The van der Waals surface area contributed by atoms with Crippen LogP contribution in [0.3, 0.4) is 0 Å². The smallest absolute Gasteiger partial charge is 0.239 e. The predicted molar refractivity (Wildman–Crippen MR) is 80.0 cm³/mol. The van der Waals surface area contributed by atoms with Gasteiger partial charge in [0, 0.05) is 26.3 Å². The predicted octanol–water partition coefficient (Wildman–Crippen LogP) is 2.41. The zero-order valence-corrected chi connectivity index (χ0v) is 13.3. The Kier molecular flexibility index (Phi) is 9.88. The number of amides is 1. The van der Waals surface area contributed by atoms with Crippen LogP contribution in [0.25, 0.3) is 0 Å². The second kappa shape index (κ2) is 10.2. The Morgan fingerprint density at radius 1 is 1.26 bits per heavy atom. The third-order valence-electron chi connectivity index (χ3n) is 3.41. The summed E-state index contributed by atoms with van der Waals surface area (Å²) in [5.41, 5.74) is 6.04. The van der Waals surface area contributed by atoms with E-state index in [9.17, 15) is 4.79 Å². The number of hydrogen-bond donors (Lipinski definition) is 1. The van der Waals surface area contributed by atoms with Crippen LogP contribution in [0.15, 0.2) is 0 Å². The van der Waals surface area contributed by atoms with Gasteiger partial charge in [0.1, 0.15) is 0 Å². The molecule has 0 rings (SSSR count). The highest BCUT2D eigenvalue weighted by molar-refractivity contribution is 5.81. The number of nitrogens with two attached hydrogens (primary N) is 1. The maximum absolute atomic E-state index is 12.5. The Hall–Kier alpha value is -0.610. The lowest BCUT2D eigenvalue weighted by Crippen LogP contribution is -2.49. The number of ether oxygens (including phenoxy) is 1. The molecule has 4 heteroatoms. The first kappa shape index (κ1) is 18.4. The third kappa shape index (κ3) is 6.92. The SMILES string of the molecule is CCC(CC)N(CC(C)C)C(=O)C(N)CCCOC. The minimum Gasteiger partial charge on any atom is -0.385 e. The van der Waals surface area contributed by atoms with E-state index in [-0.39, 0.29) is 5.91 Å². The van der Waals surface area contributed by atoms with E-state index in [0.717, 1.165) is 25.8 Å². The second-order valence-corrected chi connectivity index (χ2v) is 5.60. The molecule has 0 bridgehead atoms. The van der Waals surface area contributed by atoms with Crippen LogP contribution in [0, 0.1) is 5.92 Å². The van der Waals surface area contributed by atoms with Crippen molar-refractivity contribution in [2.24, 2.45) is 11.7 Å². The van der Waals surface area contributed by atoms with E-state index in [2.05, 4.69) is 27.7 Å². The van der Waals surface area contributed by atoms with Gasteiger partial charge in [-0.15, -0.1) is 0 Å². The van der Waals surface area contributed by atoms with Gasteiger partial charge in [-0.2, -0.15) is 0 Å². The van der Waals surface area contributed by atoms with Crippen LogP contribution in [0.2, 0.25) is 0 Å². The summed E-state index contributed by atoms with van der Waals surface area (Å²) in [4.78, 5) is 14.5. The van der Waals surface area contributed by atoms with Crippen molar-refractivity contribution in [3.8, 4) is 0 Å². The van der Waals surface area contributed by atoms with Crippen molar-refractivity contribution < 1.29 is 9.53 Å². The average Bonchev–Trinajstić information content (AvgIpc) is 2.37. The molecule has 19 heavy (non-hydrogen) atoms. The normalized spacial score (nSPS) is 13.1. The summed E-state index contributed by atoms with van der Waals surface area (Å²) in [7, 11) is 1.67. The second-order valence-electron chi connectivity index (χ2n) is 5.60. The Balaban J connectivity index is 4.59. The Bertz CT molecular complexity index is 240. The highest BCUT2D eigenvalue weighted by Crippen LogP contribution is 2.14. The fourth-order valence-corrected chi connectivity index (χ4v) is 2.33. The first-order valence-electron chi connectivity index (χ1n) is 7.52. The highest BCUT2D eigenvalue weighted by atomic mass is 16.5. The van der Waals surface area contributed by atoms with Crippen molar-refractivity contribution in [1.82, 2.24) is 4.90 Å². The molecular weight excluding hydrogens is 240 g/mol. The molecule has 0 saturated heterocycles. The quantitative estimate of drug-likeness (QED) is 0.621. The molecule has 0 aromatic carbocycles. The summed E-state index contributed by atoms with van der Waals surface area (Å²) in [5.74, 6) is 0.564. The first-order valence-corrected chi connectivity index (χ1v) is 7.52. The van der Waals surface area contributed by atoms with Crippen LogP contribution >= 0.6 is 0 Å². The van der Waals surface area contributed by atoms with Gasteiger partial charge in [0.15, 0.2) is 0 Å². The van der Waals surface area contributed by atoms with Crippen LogP contribution in [0.5, 0.6) is 0 Å². The maximum Gasteiger partial charge on any atom is 0.239 e. The van der Waals surface area contributed by atoms with E-state index in [1.54, 1.807) is 7.11 Å². The largest absolute Gasteiger partial charge is 0.385 e. The van der Waals surface area contributed by atoms with E-state index in [1.807, 2.05) is 4.90 Å². The Morgan fingerprint density at radius 3 is 2.26 bits per heavy atom. The summed E-state index contributed by atoms with van der Waals surface area (Å²) in [6.45, 7) is 9.99. The molecular formula is C15H32N2O2. The molecule has 114 valence electrons. The van der Waals surface area contributed by atoms with E-state index >= 15 is 0 Å². The zero-order chi connectivity index (χ0) is 14.8. The van der Waals surface area contributed by atoms with Gasteiger partial charge in [0.05, 0.1) is 6.04 Å². The van der Waals surface area contributed by atoms with E-state index in [4.69, 9.17) is 10.5 Å². The number of nitrogens with zero attached hydrogens (tertiary/aromatic N) is 1. The number of carbonyl (C=O) groups excluding carboxylic acids is 1. The highest BCUT2D eigenvalue weighted by Gasteiger charge is 2.26. The van der Waals surface area contributed by atoms with Gasteiger partial charge in [-0.05, 0) is 31.6 Å². The lowest BCUT2D eigenvalue weighted by atomic mass is 10.0. The van der Waals surface area contributed by atoms with E-state index in [0.29, 0.717) is 25.0 Å². The first-order chi connectivity index (χ1) is 8.97. The molecule has 1 amide bonds. The van der Waals surface area contributed by atoms with Crippen molar-refractivity contribution in [3.05, 3.63) is 0 Å². The summed E-state index contributed by atoms with van der Waals surface area (Å²) >= 11 is 0. The molecule has 0 aliphatic rings. The standard InChI is InChI=1S/C15H32N2O2/c1-6-13(7-2)17(11-12(3)4)15(18)14(16)9-8-10-19-5/h12-14H,6-11,16H2,1-5H3. The minimum atomic E-state index is -0.394. The Morgan fingerprint density at radius 2 is 1.84 bits per heavy atom. The van der Waals surface area contributed by atoms with Crippen molar-refractivity contribution in [1.29, 1.82) is 0 Å². The monoisotopic (exact) mass is 272 g/mol. The van der Waals surface area contributed by atoms with Gasteiger partial charge >= 0.3 is 0 Å². The number of hydrogen-bond acceptors (Lipinski definition) is 3. The van der Waals surface area contributed by atoms with Crippen LogP contribution in [-0.4, -0.2) is 43.2 Å². The molecule has 0 aromatic rings. The van der Waals surface area contributed by atoms with Crippen LogP contribution in [0.1, 0.15) is 53.4 Å². The van der Waals surface area contributed by atoms with Crippen molar-refractivity contribution >= 4 is 5.91 Å². The zero-order valence-electron chi connectivity index (χ0n) is 13.3. The van der Waals surface area contributed by atoms with Gasteiger partial charge in [0.2, 0.25) is 5.91 Å². The molecule has 1 unspecified atom stereocenters. The van der Waals surface area contributed by atoms with Crippen molar-refractivity contribution in [2.75, 3.05) is 20.3 Å². The fourth-order valence-electron chi connectivity index (χ4n) is 2.33. The van der Waals surface area contributed by atoms with E-state index in [1.165, 1.54) is 0 Å².